The van der Waals surface area contributed by atoms with E-state index < -0.39 is 0 Å². The summed E-state index contributed by atoms with van der Waals surface area (Å²) in [5.74, 6) is 0.107. The Bertz CT molecular complexity index is 520. The number of hydrogen-bond donors (Lipinski definition) is 1. The zero-order valence-electron chi connectivity index (χ0n) is 14.2. The molecule has 1 saturated heterocycles. The first-order valence-electron chi connectivity index (χ1n) is 8.40. The Morgan fingerprint density at radius 2 is 1.74 bits per heavy atom. The Morgan fingerprint density at radius 1 is 1.09 bits per heavy atom. The predicted octanol–water partition coefficient (Wildman–Crippen LogP) is 2.59. The maximum Gasteiger partial charge on any atom is 0.253 e. The summed E-state index contributed by atoms with van der Waals surface area (Å²) in [5, 5.41) is 2.88. The molecule has 1 aliphatic rings. The van der Waals surface area contributed by atoms with E-state index in [-0.39, 0.29) is 11.8 Å². The number of anilines is 1. The maximum absolute atomic E-state index is 12.4. The summed E-state index contributed by atoms with van der Waals surface area (Å²) < 4.78 is 0. The molecule has 5 nitrogen and oxygen atoms in total. The Balaban J connectivity index is 1.84. The second-order valence-electron chi connectivity index (χ2n) is 6.39. The summed E-state index contributed by atoms with van der Waals surface area (Å²) in [6.45, 7) is 2.60. The molecule has 1 fully saturated rings. The number of piperidine rings is 1. The van der Waals surface area contributed by atoms with Gasteiger partial charge in [-0.1, -0.05) is 0 Å². The molecule has 0 unspecified atom stereocenters. The van der Waals surface area contributed by atoms with Gasteiger partial charge in [0.1, 0.15) is 0 Å². The van der Waals surface area contributed by atoms with Crippen LogP contribution in [-0.2, 0) is 4.79 Å². The van der Waals surface area contributed by atoms with Gasteiger partial charge < -0.3 is 15.1 Å². The van der Waals surface area contributed by atoms with E-state index in [9.17, 15) is 9.59 Å². The Labute approximate surface area is 138 Å². The number of carbonyl (C=O) groups excluding carboxylic acids is 2. The summed E-state index contributed by atoms with van der Waals surface area (Å²) in [6.07, 6.45) is 4.74. The van der Waals surface area contributed by atoms with Crippen LogP contribution in [-0.4, -0.2) is 55.3 Å². The van der Waals surface area contributed by atoms with Gasteiger partial charge in [0, 0.05) is 30.8 Å². The third-order valence-corrected chi connectivity index (χ3v) is 4.07. The lowest BCUT2D eigenvalue weighted by Gasteiger charge is -2.26. The number of hydrogen-bond acceptors (Lipinski definition) is 3. The van der Waals surface area contributed by atoms with Crippen molar-refractivity contribution >= 4 is 17.5 Å². The van der Waals surface area contributed by atoms with Crippen molar-refractivity contribution in [3.05, 3.63) is 29.8 Å². The van der Waals surface area contributed by atoms with Crippen LogP contribution in [0.2, 0.25) is 0 Å². The minimum absolute atomic E-state index is 0.0157. The summed E-state index contributed by atoms with van der Waals surface area (Å²) in [6, 6.07) is 7.21. The third kappa shape index (κ3) is 5.67. The number of nitrogens with zero attached hydrogens (tertiary/aromatic N) is 2. The van der Waals surface area contributed by atoms with Gasteiger partial charge in [0.25, 0.3) is 5.91 Å². The van der Waals surface area contributed by atoms with Gasteiger partial charge in [-0.2, -0.15) is 0 Å². The minimum Gasteiger partial charge on any atom is -0.339 e. The normalized spacial score (nSPS) is 14.8. The lowest BCUT2D eigenvalue weighted by atomic mass is 10.1. The van der Waals surface area contributed by atoms with E-state index in [1.807, 2.05) is 19.0 Å². The van der Waals surface area contributed by atoms with E-state index in [0.29, 0.717) is 12.0 Å². The standard InChI is InChI=1S/C18H27N3O2/c1-20(2)12-6-7-17(22)19-16-10-8-15(9-11-16)18(23)21-13-4-3-5-14-21/h8-11H,3-7,12-14H2,1-2H3,(H,19,22). The van der Waals surface area contributed by atoms with Crippen LogP contribution in [0, 0.1) is 0 Å². The molecule has 0 aromatic heterocycles. The molecule has 0 saturated carbocycles. The average molecular weight is 317 g/mol. The first kappa shape index (κ1) is 17.5. The fraction of sp³-hybridized carbons (Fsp3) is 0.556. The van der Waals surface area contributed by atoms with Crippen molar-refractivity contribution < 1.29 is 9.59 Å². The van der Waals surface area contributed by atoms with E-state index in [4.69, 9.17) is 0 Å². The van der Waals surface area contributed by atoms with Gasteiger partial charge in [-0.05, 0) is 70.6 Å². The van der Waals surface area contributed by atoms with Crippen LogP contribution < -0.4 is 5.32 Å². The van der Waals surface area contributed by atoms with E-state index in [0.717, 1.165) is 44.6 Å². The molecule has 1 N–H and O–H groups in total. The molecule has 2 amide bonds. The maximum atomic E-state index is 12.4. The molecule has 126 valence electrons. The molecule has 0 aliphatic carbocycles. The van der Waals surface area contributed by atoms with Crippen LogP contribution >= 0.6 is 0 Å². The Hall–Kier alpha value is -1.88. The smallest absolute Gasteiger partial charge is 0.253 e. The highest BCUT2D eigenvalue weighted by atomic mass is 16.2. The van der Waals surface area contributed by atoms with Crippen LogP contribution in [0.15, 0.2) is 24.3 Å². The molecule has 2 rings (SSSR count). The first-order valence-corrected chi connectivity index (χ1v) is 8.40. The highest BCUT2D eigenvalue weighted by Crippen LogP contribution is 2.15. The summed E-state index contributed by atoms with van der Waals surface area (Å²) in [7, 11) is 3.99. The quantitative estimate of drug-likeness (QED) is 0.877. The van der Waals surface area contributed by atoms with Gasteiger partial charge in [0.05, 0.1) is 0 Å². The number of nitrogens with one attached hydrogen (secondary N) is 1. The van der Waals surface area contributed by atoms with Crippen molar-refractivity contribution in [3.8, 4) is 0 Å². The average Bonchev–Trinajstić information content (AvgIpc) is 2.55. The van der Waals surface area contributed by atoms with Crippen molar-refractivity contribution in [2.75, 3.05) is 39.0 Å². The monoisotopic (exact) mass is 317 g/mol. The molecule has 0 bridgehead atoms. The van der Waals surface area contributed by atoms with Crippen molar-refractivity contribution in [3.63, 3.8) is 0 Å². The highest BCUT2D eigenvalue weighted by molar-refractivity contribution is 5.95. The Morgan fingerprint density at radius 3 is 2.35 bits per heavy atom. The van der Waals surface area contributed by atoms with Crippen LogP contribution in [0.4, 0.5) is 5.69 Å². The molecular weight excluding hydrogens is 290 g/mol. The molecule has 1 aromatic rings. The summed E-state index contributed by atoms with van der Waals surface area (Å²) in [4.78, 5) is 28.2. The lowest BCUT2D eigenvalue weighted by molar-refractivity contribution is -0.116. The first-order chi connectivity index (χ1) is 11.1. The van der Waals surface area contributed by atoms with Crippen LogP contribution in [0.1, 0.15) is 42.5 Å². The summed E-state index contributed by atoms with van der Waals surface area (Å²) in [5.41, 5.74) is 1.44. The number of rotatable bonds is 6. The van der Waals surface area contributed by atoms with Crippen molar-refractivity contribution in [2.24, 2.45) is 0 Å². The molecule has 5 heteroatoms. The Kier molecular flexibility index (Phi) is 6.59. The molecular formula is C18H27N3O2. The van der Waals surface area contributed by atoms with Crippen LogP contribution in [0.5, 0.6) is 0 Å². The molecule has 23 heavy (non-hydrogen) atoms. The highest BCUT2D eigenvalue weighted by Gasteiger charge is 2.17. The molecule has 1 heterocycles. The van der Waals surface area contributed by atoms with Gasteiger partial charge in [-0.15, -0.1) is 0 Å². The van der Waals surface area contributed by atoms with Gasteiger partial charge in [-0.3, -0.25) is 9.59 Å². The van der Waals surface area contributed by atoms with Crippen molar-refractivity contribution in [1.29, 1.82) is 0 Å². The molecule has 0 spiro atoms. The van der Waals surface area contributed by atoms with Crippen molar-refractivity contribution in [2.45, 2.75) is 32.1 Å². The number of carbonyl (C=O) groups is 2. The van der Waals surface area contributed by atoms with Crippen molar-refractivity contribution in [1.82, 2.24) is 9.80 Å². The minimum atomic E-state index is 0.0157. The van der Waals surface area contributed by atoms with E-state index in [1.54, 1.807) is 24.3 Å². The van der Waals surface area contributed by atoms with Gasteiger partial charge in [0.15, 0.2) is 0 Å². The molecule has 0 radical (unpaired) electrons. The molecule has 1 aliphatic heterocycles. The summed E-state index contributed by atoms with van der Waals surface area (Å²) >= 11 is 0. The number of likely N-dealkylation sites (tertiary alicyclic amines) is 1. The lowest BCUT2D eigenvalue weighted by Crippen LogP contribution is -2.35. The van der Waals surface area contributed by atoms with Gasteiger partial charge in [0.2, 0.25) is 5.91 Å². The van der Waals surface area contributed by atoms with Crippen LogP contribution in [0.3, 0.4) is 0 Å². The second-order valence-corrected chi connectivity index (χ2v) is 6.39. The van der Waals surface area contributed by atoms with Gasteiger partial charge in [-0.25, -0.2) is 0 Å². The predicted molar refractivity (Wildman–Crippen MR) is 92.6 cm³/mol. The van der Waals surface area contributed by atoms with E-state index in [2.05, 4.69) is 10.2 Å². The fourth-order valence-corrected chi connectivity index (χ4v) is 2.76. The molecule has 1 aromatic carbocycles. The van der Waals surface area contributed by atoms with Gasteiger partial charge >= 0.3 is 0 Å². The fourth-order valence-electron chi connectivity index (χ4n) is 2.76. The van der Waals surface area contributed by atoms with Crippen LogP contribution in [0.25, 0.3) is 0 Å². The third-order valence-electron chi connectivity index (χ3n) is 4.07. The van der Waals surface area contributed by atoms with E-state index >= 15 is 0 Å². The second kappa shape index (κ2) is 8.67. The number of benzene rings is 1. The largest absolute Gasteiger partial charge is 0.339 e. The molecule has 0 atom stereocenters. The van der Waals surface area contributed by atoms with E-state index in [1.165, 1.54) is 6.42 Å². The topological polar surface area (TPSA) is 52.7 Å². The zero-order valence-corrected chi connectivity index (χ0v) is 14.2. The SMILES string of the molecule is CN(C)CCCC(=O)Nc1ccc(C(=O)N2CCCCC2)cc1. The number of amides is 2. The zero-order chi connectivity index (χ0) is 16.7.